The van der Waals surface area contributed by atoms with Crippen molar-refractivity contribution in [3.63, 3.8) is 0 Å². The van der Waals surface area contributed by atoms with Gasteiger partial charge in [-0.1, -0.05) is 33.2 Å². The van der Waals surface area contributed by atoms with Crippen LogP contribution < -0.4 is 0 Å². The zero-order valence-corrected chi connectivity index (χ0v) is 11.2. The molecule has 0 aliphatic rings. The van der Waals surface area contributed by atoms with E-state index in [0.29, 0.717) is 10.1 Å². The summed E-state index contributed by atoms with van der Waals surface area (Å²) in [4.78, 5) is 4.02. The van der Waals surface area contributed by atoms with E-state index in [-0.39, 0.29) is 11.5 Å². The van der Waals surface area contributed by atoms with Gasteiger partial charge in [-0.05, 0) is 28.6 Å². The number of alkyl halides is 3. The summed E-state index contributed by atoms with van der Waals surface area (Å²) in [7, 11) is 0. The Morgan fingerprint density at radius 1 is 1.10 bits per heavy atom. The SMILES string of the molecule is FC(F)(F)c1cc(-c2ccc(Br)cc2)nc2nnnn12. The van der Waals surface area contributed by atoms with Crippen molar-refractivity contribution in [2.45, 2.75) is 6.18 Å². The standard InChI is InChI=1S/C11H5BrF3N5/c12-7-3-1-6(2-4-7)8-5-9(11(13,14)15)20-10(16-8)17-18-19-20/h1-5H. The van der Waals surface area contributed by atoms with E-state index >= 15 is 0 Å². The molecule has 0 atom stereocenters. The van der Waals surface area contributed by atoms with Crippen molar-refractivity contribution in [3.05, 3.63) is 40.5 Å². The van der Waals surface area contributed by atoms with E-state index in [2.05, 4.69) is 36.4 Å². The molecule has 3 rings (SSSR count). The molecule has 102 valence electrons. The summed E-state index contributed by atoms with van der Waals surface area (Å²) in [6, 6.07) is 7.68. The molecule has 0 radical (unpaired) electrons. The molecule has 0 unspecified atom stereocenters. The molecule has 9 heteroatoms. The van der Waals surface area contributed by atoms with Crippen molar-refractivity contribution in [1.82, 2.24) is 25.0 Å². The monoisotopic (exact) mass is 343 g/mol. The maximum atomic E-state index is 13.0. The molecule has 2 heterocycles. The highest BCUT2D eigenvalue weighted by molar-refractivity contribution is 9.10. The molecule has 0 saturated heterocycles. The lowest BCUT2D eigenvalue weighted by Gasteiger charge is -2.09. The van der Waals surface area contributed by atoms with Gasteiger partial charge in [-0.2, -0.15) is 17.7 Å². The molecule has 0 N–H and O–H groups in total. The number of aromatic nitrogens is 5. The third-order valence-corrected chi connectivity index (χ3v) is 3.13. The Balaban J connectivity index is 2.24. The van der Waals surface area contributed by atoms with Crippen LogP contribution in [0.5, 0.6) is 0 Å². The fourth-order valence-electron chi connectivity index (χ4n) is 1.71. The predicted octanol–water partition coefficient (Wildman–Crippen LogP) is 2.97. The summed E-state index contributed by atoms with van der Waals surface area (Å²) in [5.74, 6) is -0.197. The summed E-state index contributed by atoms with van der Waals surface area (Å²) < 4.78 is 40.4. The minimum Gasteiger partial charge on any atom is -0.210 e. The molecule has 0 saturated carbocycles. The fourth-order valence-corrected chi connectivity index (χ4v) is 1.97. The Labute approximate surface area is 118 Å². The Bertz CT molecular complexity index is 766. The van der Waals surface area contributed by atoms with Crippen LogP contribution in [-0.2, 0) is 6.18 Å². The Morgan fingerprint density at radius 2 is 1.80 bits per heavy atom. The first-order valence-electron chi connectivity index (χ1n) is 5.37. The zero-order chi connectivity index (χ0) is 14.3. The van der Waals surface area contributed by atoms with Gasteiger partial charge in [0.15, 0.2) is 5.69 Å². The first kappa shape index (κ1) is 13.0. The van der Waals surface area contributed by atoms with Gasteiger partial charge in [0, 0.05) is 10.0 Å². The van der Waals surface area contributed by atoms with Crippen LogP contribution in [0.1, 0.15) is 5.69 Å². The van der Waals surface area contributed by atoms with E-state index in [4.69, 9.17) is 0 Å². The van der Waals surface area contributed by atoms with Gasteiger partial charge in [-0.25, -0.2) is 4.98 Å². The van der Waals surface area contributed by atoms with Crippen molar-refractivity contribution >= 4 is 21.7 Å². The Hall–Kier alpha value is -2.03. The highest BCUT2D eigenvalue weighted by Gasteiger charge is 2.35. The molecule has 1 aromatic carbocycles. The molecule has 0 bridgehead atoms. The van der Waals surface area contributed by atoms with Gasteiger partial charge in [-0.3, -0.25) is 0 Å². The molecule has 5 nitrogen and oxygen atoms in total. The number of hydrogen-bond donors (Lipinski definition) is 0. The van der Waals surface area contributed by atoms with Gasteiger partial charge in [-0.15, -0.1) is 0 Å². The second-order valence-electron chi connectivity index (χ2n) is 3.92. The lowest BCUT2D eigenvalue weighted by molar-refractivity contribution is -0.142. The average molecular weight is 344 g/mol. The van der Waals surface area contributed by atoms with Gasteiger partial charge in [0.05, 0.1) is 5.69 Å². The fraction of sp³-hybridized carbons (Fsp3) is 0.0909. The van der Waals surface area contributed by atoms with Crippen LogP contribution in [0.3, 0.4) is 0 Å². The van der Waals surface area contributed by atoms with Crippen LogP contribution >= 0.6 is 15.9 Å². The molecular formula is C11H5BrF3N5. The van der Waals surface area contributed by atoms with E-state index < -0.39 is 11.9 Å². The number of nitrogens with zero attached hydrogens (tertiary/aromatic N) is 5. The van der Waals surface area contributed by atoms with E-state index in [1.165, 1.54) is 0 Å². The van der Waals surface area contributed by atoms with E-state index in [0.717, 1.165) is 10.5 Å². The quantitative estimate of drug-likeness (QED) is 0.681. The highest BCUT2D eigenvalue weighted by Crippen LogP contribution is 2.31. The summed E-state index contributed by atoms with van der Waals surface area (Å²) in [6.07, 6.45) is -4.57. The van der Waals surface area contributed by atoms with Gasteiger partial charge in [0.1, 0.15) is 0 Å². The second kappa shape index (κ2) is 4.51. The summed E-state index contributed by atoms with van der Waals surface area (Å²) in [5, 5.41) is 9.99. The zero-order valence-electron chi connectivity index (χ0n) is 9.63. The van der Waals surface area contributed by atoms with Crippen molar-refractivity contribution in [1.29, 1.82) is 0 Å². The van der Waals surface area contributed by atoms with Crippen molar-refractivity contribution in [2.75, 3.05) is 0 Å². The molecule has 20 heavy (non-hydrogen) atoms. The van der Waals surface area contributed by atoms with Crippen LogP contribution in [-0.4, -0.2) is 25.0 Å². The number of benzene rings is 1. The topological polar surface area (TPSA) is 56.0 Å². The van der Waals surface area contributed by atoms with Crippen molar-refractivity contribution < 1.29 is 13.2 Å². The van der Waals surface area contributed by atoms with E-state index in [1.54, 1.807) is 24.3 Å². The smallest absolute Gasteiger partial charge is 0.210 e. The van der Waals surface area contributed by atoms with Gasteiger partial charge in [0.25, 0.3) is 5.78 Å². The average Bonchev–Trinajstić information content (AvgIpc) is 2.85. The summed E-state index contributed by atoms with van der Waals surface area (Å²) in [6.45, 7) is 0. The molecule has 2 aromatic heterocycles. The number of hydrogen-bond acceptors (Lipinski definition) is 4. The van der Waals surface area contributed by atoms with Crippen molar-refractivity contribution in [2.24, 2.45) is 0 Å². The minimum absolute atomic E-state index is 0.159. The molecule has 0 fully saturated rings. The normalized spacial score (nSPS) is 12.0. The van der Waals surface area contributed by atoms with Crippen LogP contribution in [0.2, 0.25) is 0 Å². The Morgan fingerprint density at radius 3 is 2.45 bits per heavy atom. The van der Waals surface area contributed by atoms with Crippen LogP contribution in [0.25, 0.3) is 17.0 Å². The maximum Gasteiger partial charge on any atom is 0.433 e. The van der Waals surface area contributed by atoms with E-state index in [1.807, 2.05) is 0 Å². The first-order chi connectivity index (χ1) is 9.45. The lowest BCUT2D eigenvalue weighted by atomic mass is 10.1. The molecule has 0 aliphatic heterocycles. The maximum absolute atomic E-state index is 13.0. The lowest BCUT2D eigenvalue weighted by Crippen LogP contribution is -2.13. The van der Waals surface area contributed by atoms with Gasteiger partial charge < -0.3 is 0 Å². The molecule has 0 spiro atoms. The Kier molecular flexibility index (Phi) is 2.93. The van der Waals surface area contributed by atoms with Crippen LogP contribution in [0.4, 0.5) is 13.2 Å². The third kappa shape index (κ3) is 2.24. The van der Waals surface area contributed by atoms with Crippen molar-refractivity contribution in [3.8, 4) is 11.3 Å². The summed E-state index contributed by atoms with van der Waals surface area (Å²) >= 11 is 3.26. The second-order valence-corrected chi connectivity index (χ2v) is 4.84. The van der Waals surface area contributed by atoms with Gasteiger partial charge >= 0.3 is 6.18 Å². The van der Waals surface area contributed by atoms with Crippen LogP contribution in [0.15, 0.2) is 34.8 Å². The molecular weight excluding hydrogens is 339 g/mol. The number of fused-ring (bicyclic) bond motifs is 1. The van der Waals surface area contributed by atoms with E-state index in [9.17, 15) is 13.2 Å². The molecule has 3 aromatic rings. The van der Waals surface area contributed by atoms with Crippen LogP contribution in [0, 0.1) is 0 Å². The number of halogens is 4. The molecule has 0 amide bonds. The summed E-state index contributed by atoms with van der Waals surface area (Å²) in [5.41, 5.74) is -0.262. The first-order valence-corrected chi connectivity index (χ1v) is 6.17. The van der Waals surface area contributed by atoms with Gasteiger partial charge in [0.2, 0.25) is 0 Å². The third-order valence-electron chi connectivity index (χ3n) is 2.61. The molecule has 0 aliphatic carbocycles. The number of tetrazole rings is 1. The minimum atomic E-state index is -4.57. The number of rotatable bonds is 1. The predicted molar refractivity (Wildman–Crippen MR) is 66.7 cm³/mol. The highest BCUT2D eigenvalue weighted by atomic mass is 79.9. The largest absolute Gasteiger partial charge is 0.433 e.